The summed E-state index contributed by atoms with van der Waals surface area (Å²) in [6.07, 6.45) is 7.01. The van der Waals surface area contributed by atoms with E-state index in [-0.39, 0.29) is 0 Å². The molecule has 0 saturated carbocycles. The zero-order chi connectivity index (χ0) is 9.15. The smallest absolute Gasteiger partial charge is 0.0306 e. The Balaban J connectivity index is 1.94. The van der Waals surface area contributed by atoms with Crippen molar-refractivity contribution in [2.45, 2.75) is 44.6 Å². The zero-order valence-electron chi connectivity index (χ0n) is 8.81. The SMILES string of the molecule is CC1(N2CCCCC2)CCCNC1. The second-order valence-corrected chi connectivity index (χ2v) is 4.82. The van der Waals surface area contributed by atoms with Gasteiger partial charge in [0.1, 0.15) is 0 Å². The van der Waals surface area contributed by atoms with Crippen LogP contribution in [-0.2, 0) is 0 Å². The molecule has 1 N–H and O–H groups in total. The normalized spacial score (nSPS) is 37.6. The van der Waals surface area contributed by atoms with E-state index in [1.54, 1.807) is 0 Å². The van der Waals surface area contributed by atoms with Crippen molar-refractivity contribution in [3.05, 3.63) is 0 Å². The van der Waals surface area contributed by atoms with Crippen LogP contribution in [0.4, 0.5) is 0 Å². The molecule has 76 valence electrons. The molecule has 0 bridgehead atoms. The van der Waals surface area contributed by atoms with Crippen LogP contribution >= 0.6 is 0 Å². The Morgan fingerprint density at radius 3 is 2.46 bits per heavy atom. The van der Waals surface area contributed by atoms with E-state index in [9.17, 15) is 0 Å². The van der Waals surface area contributed by atoms with E-state index in [1.165, 1.54) is 58.3 Å². The molecule has 2 heterocycles. The molecule has 0 aromatic heterocycles. The van der Waals surface area contributed by atoms with E-state index < -0.39 is 0 Å². The number of hydrogen-bond donors (Lipinski definition) is 1. The fourth-order valence-electron chi connectivity index (χ4n) is 2.74. The van der Waals surface area contributed by atoms with Crippen molar-refractivity contribution in [1.82, 2.24) is 10.2 Å². The fraction of sp³-hybridized carbons (Fsp3) is 1.00. The average Bonchev–Trinajstić information content (AvgIpc) is 2.20. The molecule has 13 heavy (non-hydrogen) atoms. The Morgan fingerprint density at radius 1 is 1.08 bits per heavy atom. The van der Waals surface area contributed by atoms with Gasteiger partial charge in [0.25, 0.3) is 0 Å². The summed E-state index contributed by atoms with van der Waals surface area (Å²) in [7, 11) is 0. The second kappa shape index (κ2) is 3.97. The molecule has 0 aromatic carbocycles. The quantitative estimate of drug-likeness (QED) is 0.663. The highest BCUT2D eigenvalue weighted by Crippen LogP contribution is 2.26. The molecule has 1 atom stereocenters. The topological polar surface area (TPSA) is 15.3 Å². The van der Waals surface area contributed by atoms with Crippen molar-refractivity contribution in [3.63, 3.8) is 0 Å². The number of nitrogens with zero attached hydrogens (tertiary/aromatic N) is 1. The van der Waals surface area contributed by atoms with Crippen molar-refractivity contribution >= 4 is 0 Å². The average molecular weight is 182 g/mol. The van der Waals surface area contributed by atoms with Gasteiger partial charge in [0.15, 0.2) is 0 Å². The second-order valence-electron chi connectivity index (χ2n) is 4.82. The lowest BCUT2D eigenvalue weighted by atomic mass is 9.88. The maximum atomic E-state index is 3.53. The Kier molecular flexibility index (Phi) is 2.89. The molecule has 2 rings (SSSR count). The molecule has 2 nitrogen and oxygen atoms in total. The van der Waals surface area contributed by atoms with Crippen molar-refractivity contribution in [3.8, 4) is 0 Å². The van der Waals surface area contributed by atoms with Crippen molar-refractivity contribution in [2.24, 2.45) is 0 Å². The van der Waals surface area contributed by atoms with Gasteiger partial charge in [-0.2, -0.15) is 0 Å². The van der Waals surface area contributed by atoms with Crippen LogP contribution in [0.1, 0.15) is 39.0 Å². The van der Waals surface area contributed by atoms with Crippen LogP contribution in [0.3, 0.4) is 0 Å². The molecule has 1 unspecified atom stereocenters. The van der Waals surface area contributed by atoms with Crippen molar-refractivity contribution < 1.29 is 0 Å². The molecule has 0 spiro atoms. The Bertz CT molecular complexity index is 155. The van der Waals surface area contributed by atoms with E-state index in [0.717, 1.165) is 0 Å². The van der Waals surface area contributed by atoms with Crippen LogP contribution < -0.4 is 5.32 Å². The maximum Gasteiger partial charge on any atom is 0.0306 e. The lowest BCUT2D eigenvalue weighted by Crippen LogP contribution is -2.57. The van der Waals surface area contributed by atoms with Gasteiger partial charge in [-0.25, -0.2) is 0 Å². The number of nitrogens with one attached hydrogen (secondary N) is 1. The third kappa shape index (κ3) is 2.05. The first kappa shape index (κ1) is 9.47. The van der Waals surface area contributed by atoms with Crippen LogP contribution in [0.5, 0.6) is 0 Å². The lowest BCUT2D eigenvalue weighted by molar-refractivity contribution is 0.0589. The number of likely N-dealkylation sites (tertiary alicyclic amines) is 1. The minimum Gasteiger partial charge on any atom is -0.315 e. The largest absolute Gasteiger partial charge is 0.315 e. The monoisotopic (exact) mass is 182 g/mol. The first-order chi connectivity index (χ1) is 6.31. The maximum absolute atomic E-state index is 3.53. The summed E-state index contributed by atoms with van der Waals surface area (Å²) in [4.78, 5) is 2.71. The molecule has 2 aliphatic rings. The van der Waals surface area contributed by atoms with Gasteiger partial charge >= 0.3 is 0 Å². The van der Waals surface area contributed by atoms with E-state index in [0.29, 0.717) is 5.54 Å². The van der Waals surface area contributed by atoms with E-state index >= 15 is 0 Å². The first-order valence-corrected chi connectivity index (χ1v) is 5.77. The van der Waals surface area contributed by atoms with Crippen LogP contribution in [0.2, 0.25) is 0 Å². The van der Waals surface area contributed by atoms with E-state index in [1.807, 2.05) is 0 Å². The van der Waals surface area contributed by atoms with Crippen molar-refractivity contribution in [2.75, 3.05) is 26.2 Å². The Hall–Kier alpha value is -0.0800. The van der Waals surface area contributed by atoms with Gasteiger partial charge in [-0.15, -0.1) is 0 Å². The van der Waals surface area contributed by atoms with Crippen LogP contribution in [0, 0.1) is 0 Å². The lowest BCUT2D eigenvalue weighted by Gasteiger charge is -2.46. The molecule has 2 saturated heterocycles. The van der Waals surface area contributed by atoms with E-state index in [2.05, 4.69) is 17.1 Å². The minimum atomic E-state index is 0.471. The molecule has 0 amide bonds. The highest BCUT2D eigenvalue weighted by atomic mass is 15.2. The predicted octanol–water partition coefficient (Wildman–Crippen LogP) is 1.61. The molecule has 0 aromatic rings. The molecule has 2 fully saturated rings. The summed E-state index contributed by atoms with van der Waals surface area (Å²) in [6.45, 7) is 7.53. The van der Waals surface area contributed by atoms with Gasteiger partial charge in [-0.1, -0.05) is 6.42 Å². The number of piperidine rings is 2. The van der Waals surface area contributed by atoms with Gasteiger partial charge in [0, 0.05) is 12.1 Å². The van der Waals surface area contributed by atoms with Gasteiger partial charge in [-0.3, -0.25) is 4.90 Å². The molecular formula is C11H22N2. The zero-order valence-corrected chi connectivity index (χ0v) is 8.81. The summed E-state index contributed by atoms with van der Waals surface area (Å²) in [5, 5.41) is 3.53. The van der Waals surface area contributed by atoms with Gasteiger partial charge in [0.05, 0.1) is 0 Å². The third-order valence-corrected chi connectivity index (χ3v) is 3.69. The van der Waals surface area contributed by atoms with Gasteiger partial charge in [0.2, 0.25) is 0 Å². The predicted molar refractivity (Wildman–Crippen MR) is 55.9 cm³/mol. The summed E-state index contributed by atoms with van der Waals surface area (Å²) in [5.74, 6) is 0. The standard InChI is InChI=1S/C11H22N2/c1-11(6-5-7-12-10-11)13-8-3-2-4-9-13/h12H,2-10H2,1H3. The molecule has 0 aliphatic carbocycles. The fourth-order valence-corrected chi connectivity index (χ4v) is 2.74. The van der Waals surface area contributed by atoms with Crippen LogP contribution in [-0.4, -0.2) is 36.6 Å². The van der Waals surface area contributed by atoms with Crippen molar-refractivity contribution in [1.29, 1.82) is 0 Å². The summed E-state index contributed by atoms with van der Waals surface area (Å²) in [5.41, 5.74) is 0.471. The number of rotatable bonds is 1. The molecule has 0 radical (unpaired) electrons. The molecule has 2 heteroatoms. The van der Waals surface area contributed by atoms with Gasteiger partial charge in [-0.05, 0) is 52.2 Å². The third-order valence-electron chi connectivity index (χ3n) is 3.69. The first-order valence-electron chi connectivity index (χ1n) is 5.77. The van der Waals surface area contributed by atoms with Crippen LogP contribution in [0.25, 0.3) is 0 Å². The molecular weight excluding hydrogens is 160 g/mol. The highest BCUT2D eigenvalue weighted by molar-refractivity contribution is 4.92. The summed E-state index contributed by atoms with van der Waals surface area (Å²) in [6, 6.07) is 0. The number of hydrogen-bond acceptors (Lipinski definition) is 2. The Labute approximate surface area is 81.7 Å². The van der Waals surface area contributed by atoms with Crippen LogP contribution in [0.15, 0.2) is 0 Å². The Morgan fingerprint density at radius 2 is 1.85 bits per heavy atom. The highest BCUT2D eigenvalue weighted by Gasteiger charge is 2.33. The van der Waals surface area contributed by atoms with Gasteiger partial charge < -0.3 is 5.32 Å². The summed E-state index contributed by atoms with van der Waals surface area (Å²) < 4.78 is 0. The minimum absolute atomic E-state index is 0.471. The summed E-state index contributed by atoms with van der Waals surface area (Å²) >= 11 is 0. The van der Waals surface area contributed by atoms with E-state index in [4.69, 9.17) is 0 Å². The molecule has 2 aliphatic heterocycles.